The van der Waals surface area contributed by atoms with Crippen molar-refractivity contribution in [2.45, 2.75) is 0 Å². The summed E-state index contributed by atoms with van der Waals surface area (Å²) in [5, 5.41) is 3.38. The quantitative estimate of drug-likeness (QED) is 0.876. The first-order valence-corrected chi connectivity index (χ1v) is 8.73. The molecule has 8 heteroatoms. The van der Waals surface area contributed by atoms with Crippen molar-refractivity contribution < 1.29 is 13.2 Å². The average Bonchev–Trinajstić information content (AvgIpc) is 2.41. The second-order valence-electron chi connectivity index (χ2n) is 4.53. The topological polar surface area (TPSA) is 75.3 Å². The Morgan fingerprint density at radius 1 is 1.05 bits per heavy atom. The molecule has 0 heterocycles. The summed E-state index contributed by atoms with van der Waals surface area (Å²) in [5.74, 6) is -0.323. The van der Waals surface area contributed by atoms with E-state index >= 15 is 0 Å². The molecule has 2 rings (SSSR count). The molecule has 0 aliphatic heterocycles. The number of carbonyl (C=O) groups excluding carboxylic acids is 1. The number of nitrogens with one attached hydrogen (secondary N) is 2. The van der Waals surface area contributed by atoms with Crippen molar-refractivity contribution in [3.63, 3.8) is 0 Å². The minimum absolute atomic E-state index is 0.180. The van der Waals surface area contributed by atoms with Crippen LogP contribution in [0.1, 0.15) is 10.4 Å². The van der Waals surface area contributed by atoms with Crippen LogP contribution in [-0.4, -0.2) is 20.6 Å². The zero-order valence-electron chi connectivity index (χ0n) is 11.4. The summed E-state index contributed by atoms with van der Waals surface area (Å²) in [6.45, 7) is 0. The lowest BCUT2D eigenvalue weighted by Gasteiger charge is -2.09. The number of rotatable bonds is 4. The monoisotopic (exact) mass is 358 g/mol. The van der Waals surface area contributed by atoms with Crippen LogP contribution >= 0.6 is 23.2 Å². The summed E-state index contributed by atoms with van der Waals surface area (Å²) in [4.78, 5) is 12.0. The van der Waals surface area contributed by atoms with Gasteiger partial charge in [0.15, 0.2) is 0 Å². The molecule has 0 saturated heterocycles. The second-order valence-corrected chi connectivity index (χ2v) is 7.12. The van der Waals surface area contributed by atoms with Gasteiger partial charge in [-0.3, -0.25) is 9.52 Å². The van der Waals surface area contributed by atoms with Crippen LogP contribution in [-0.2, 0) is 10.0 Å². The maximum absolute atomic E-state index is 12.0. The highest BCUT2D eigenvalue weighted by Crippen LogP contribution is 2.26. The van der Waals surface area contributed by atoms with Crippen molar-refractivity contribution in [2.75, 3.05) is 16.3 Å². The minimum Gasteiger partial charge on any atom is -0.322 e. The molecule has 1 amide bonds. The number of hydrogen-bond acceptors (Lipinski definition) is 3. The normalized spacial score (nSPS) is 11.0. The molecule has 0 bridgehead atoms. The SMILES string of the molecule is CS(=O)(=O)Nc1ccc(NC(=O)c2ccc(Cl)cc2)cc1Cl. The Balaban J connectivity index is 2.15. The number of carbonyl (C=O) groups is 1. The maximum Gasteiger partial charge on any atom is 0.255 e. The Bertz CT molecular complexity index is 805. The third-order valence-electron chi connectivity index (χ3n) is 2.63. The molecule has 0 aromatic heterocycles. The fourth-order valence-electron chi connectivity index (χ4n) is 1.68. The van der Waals surface area contributed by atoms with Crippen molar-refractivity contribution >= 4 is 50.5 Å². The van der Waals surface area contributed by atoms with Gasteiger partial charge in [0.2, 0.25) is 10.0 Å². The van der Waals surface area contributed by atoms with E-state index in [4.69, 9.17) is 23.2 Å². The van der Waals surface area contributed by atoms with Gasteiger partial charge in [0.25, 0.3) is 5.91 Å². The third-order valence-corrected chi connectivity index (χ3v) is 3.78. The van der Waals surface area contributed by atoms with E-state index in [9.17, 15) is 13.2 Å². The zero-order valence-corrected chi connectivity index (χ0v) is 13.8. The van der Waals surface area contributed by atoms with Crippen molar-refractivity contribution in [3.8, 4) is 0 Å². The molecule has 0 unspecified atom stereocenters. The summed E-state index contributed by atoms with van der Waals surface area (Å²) in [5.41, 5.74) is 1.14. The molecule has 0 radical (unpaired) electrons. The van der Waals surface area contributed by atoms with Crippen molar-refractivity contribution in [2.24, 2.45) is 0 Å². The molecule has 2 aromatic carbocycles. The van der Waals surface area contributed by atoms with Crippen molar-refractivity contribution in [3.05, 3.63) is 58.1 Å². The van der Waals surface area contributed by atoms with E-state index in [-0.39, 0.29) is 16.6 Å². The first kappa shape index (κ1) is 16.6. The lowest BCUT2D eigenvalue weighted by molar-refractivity contribution is 0.102. The molecule has 5 nitrogen and oxygen atoms in total. The average molecular weight is 359 g/mol. The van der Waals surface area contributed by atoms with Crippen LogP contribution in [0.25, 0.3) is 0 Å². The molecule has 0 spiro atoms. The highest BCUT2D eigenvalue weighted by atomic mass is 35.5. The van der Waals surface area contributed by atoms with Crippen LogP contribution < -0.4 is 10.0 Å². The summed E-state index contributed by atoms with van der Waals surface area (Å²) < 4.78 is 24.6. The zero-order chi connectivity index (χ0) is 16.3. The Labute approximate surface area is 138 Å². The number of sulfonamides is 1. The molecule has 0 fully saturated rings. The molecular formula is C14H12Cl2N2O3S. The molecule has 2 aromatic rings. The van der Waals surface area contributed by atoms with Gasteiger partial charge in [0, 0.05) is 16.3 Å². The van der Waals surface area contributed by atoms with Gasteiger partial charge in [-0.2, -0.15) is 0 Å². The predicted octanol–water partition coefficient (Wildman–Crippen LogP) is 3.62. The Morgan fingerprint density at radius 2 is 1.68 bits per heavy atom. The van der Waals surface area contributed by atoms with Crippen LogP contribution in [0.4, 0.5) is 11.4 Å². The third kappa shape index (κ3) is 4.62. The fraction of sp³-hybridized carbons (Fsp3) is 0.0714. The van der Waals surface area contributed by atoms with Gasteiger partial charge >= 0.3 is 0 Å². The Kier molecular flexibility index (Phi) is 4.95. The second kappa shape index (κ2) is 6.56. The summed E-state index contributed by atoms with van der Waals surface area (Å²) in [6, 6.07) is 10.9. The van der Waals surface area contributed by atoms with E-state index in [0.717, 1.165) is 6.26 Å². The summed E-state index contributed by atoms with van der Waals surface area (Å²) in [6.07, 6.45) is 1.03. The fourth-order valence-corrected chi connectivity index (χ4v) is 2.67. The van der Waals surface area contributed by atoms with Gasteiger partial charge in [0.05, 0.1) is 17.0 Å². The van der Waals surface area contributed by atoms with Gasteiger partial charge < -0.3 is 5.32 Å². The molecule has 0 aliphatic carbocycles. The van der Waals surface area contributed by atoms with Crippen LogP contribution in [0.3, 0.4) is 0 Å². The first-order valence-electron chi connectivity index (χ1n) is 6.09. The smallest absolute Gasteiger partial charge is 0.255 e. The molecule has 2 N–H and O–H groups in total. The highest BCUT2D eigenvalue weighted by Gasteiger charge is 2.10. The van der Waals surface area contributed by atoms with E-state index in [2.05, 4.69) is 10.0 Å². The number of halogens is 2. The van der Waals surface area contributed by atoms with E-state index in [1.165, 1.54) is 12.1 Å². The molecule has 0 aliphatic rings. The molecule has 22 heavy (non-hydrogen) atoms. The van der Waals surface area contributed by atoms with Crippen LogP contribution in [0.5, 0.6) is 0 Å². The molecule has 0 atom stereocenters. The standard InChI is InChI=1S/C14H12Cl2N2O3S/c1-22(20,21)18-13-7-6-11(8-12(13)16)17-14(19)9-2-4-10(15)5-3-9/h2-8,18H,1H3,(H,17,19). The maximum atomic E-state index is 12.0. The first-order chi connectivity index (χ1) is 10.2. The lowest BCUT2D eigenvalue weighted by atomic mass is 10.2. The van der Waals surface area contributed by atoms with Crippen LogP contribution in [0.2, 0.25) is 10.0 Å². The Hall–Kier alpha value is -1.76. The van der Waals surface area contributed by atoms with E-state index in [0.29, 0.717) is 16.3 Å². The molecule has 116 valence electrons. The van der Waals surface area contributed by atoms with E-state index in [1.807, 2.05) is 0 Å². The molecule has 0 saturated carbocycles. The van der Waals surface area contributed by atoms with E-state index < -0.39 is 10.0 Å². The van der Waals surface area contributed by atoms with E-state index in [1.54, 1.807) is 30.3 Å². The van der Waals surface area contributed by atoms with Crippen LogP contribution in [0, 0.1) is 0 Å². The number of benzene rings is 2. The Morgan fingerprint density at radius 3 is 2.23 bits per heavy atom. The minimum atomic E-state index is -3.42. The van der Waals surface area contributed by atoms with Gasteiger partial charge in [-0.1, -0.05) is 23.2 Å². The highest BCUT2D eigenvalue weighted by molar-refractivity contribution is 7.92. The van der Waals surface area contributed by atoms with Gasteiger partial charge in [-0.15, -0.1) is 0 Å². The van der Waals surface area contributed by atoms with Gasteiger partial charge in [-0.05, 0) is 42.5 Å². The lowest BCUT2D eigenvalue weighted by Crippen LogP contribution is -2.12. The summed E-state index contributed by atoms with van der Waals surface area (Å²) in [7, 11) is -3.42. The number of hydrogen-bond donors (Lipinski definition) is 2. The largest absolute Gasteiger partial charge is 0.322 e. The van der Waals surface area contributed by atoms with Gasteiger partial charge in [-0.25, -0.2) is 8.42 Å². The molecular weight excluding hydrogens is 347 g/mol. The van der Waals surface area contributed by atoms with Crippen molar-refractivity contribution in [1.29, 1.82) is 0 Å². The van der Waals surface area contributed by atoms with Crippen LogP contribution in [0.15, 0.2) is 42.5 Å². The number of anilines is 2. The van der Waals surface area contributed by atoms with Gasteiger partial charge in [0.1, 0.15) is 0 Å². The number of amides is 1. The predicted molar refractivity (Wildman–Crippen MR) is 89.3 cm³/mol. The summed E-state index contributed by atoms with van der Waals surface area (Å²) >= 11 is 11.8. The van der Waals surface area contributed by atoms with Crippen molar-refractivity contribution in [1.82, 2.24) is 0 Å².